The Labute approximate surface area is 34.9 Å². The topological polar surface area (TPSA) is 72.4 Å². The zero-order valence-electron chi connectivity index (χ0n) is 3.05. The van der Waals surface area contributed by atoms with Crippen molar-refractivity contribution in [3.05, 3.63) is 12.4 Å². The molecule has 0 bridgehead atoms. The van der Waals surface area contributed by atoms with Crippen LogP contribution in [0.15, 0.2) is 22.6 Å². The molecule has 4 nitrogen and oxygen atoms in total. The monoisotopic (exact) mass is 84.0 g/mol. The van der Waals surface area contributed by atoms with Crippen molar-refractivity contribution in [3.8, 4) is 0 Å². The van der Waals surface area contributed by atoms with Crippen molar-refractivity contribution in [2.45, 2.75) is 0 Å². The van der Waals surface area contributed by atoms with Gasteiger partial charge in [0.25, 0.3) is 0 Å². The SMILES string of the molecule is N=NC=CN=N. The molecule has 0 rings (SSSR count). The molecule has 0 heterocycles. The summed E-state index contributed by atoms with van der Waals surface area (Å²) in [5.74, 6) is 0. The third-order valence-electron chi connectivity index (χ3n) is 0.216. The predicted molar refractivity (Wildman–Crippen MR) is 19.4 cm³/mol. The molecule has 32 valence electrons. The van der Waals surface area contributed by atoms with Crippen molar-refractivity contribution in [3.63, 3.8) is 0 Å². The van der Waals surface area contributed by atoms with Crippen LogP contribution in [-0.2, 0) is 0 Å². The van der Waals surface area contributed by atoms with E-state index in [-0.39, 0.29) is 0 Å². The lowest BCUT2D eigenvalue weighted by Gasteiger charge is -1.58. The normalized spacial score (nSPS) is 8.67. The highest BCUT2D eigenvalue weighted by Gasteiger charge is 1.51. The molecule has 0 radical (unpaired) electrons. The van der Waals surface area contributed by atoms with Gasteiger partial charge in [-0.05, 0) is 0 Å². The van der Waals surface area contributed by atoms with Crippen molar-refractivity contribution >= 4 is 0 Å². The van der Waals surface area contributed by atoms with Gasteiger partial charge in [0.15, 0.2) is 0 Å². The molecule has 0 aliphatic carbocycles. The van der Waals surface area contributed by atoms with Crippen LogP contribution in [-0.4, -0.2) is 0 Å². The fourth-order valence-electron chi connectivity index (χ4n) is 0.0667. The molecule has 0 aromatic carbocycles. The molecule has 0 aliphatic heterocycles. The van der Waals surface area contributed by atoms with Crippen LogP contribution >= 0.6 is 0 Å². The number of hydrogen-bond acceptors (Lipinski definition) is 4. The van der Waals surface area contributed by atoms with E-state index in [0.717, 1.165) is 12.4 Å². The summed E-state index contributed by atoms with van der Waals surface area (Å²) in [6, 6.07) is 0. The van der Waals surface area contributed by atoms with E-state index in [4.69, 9.17) is 11.1 Å². The predicted octanol–water partition coefficient (Wildman–Crippen LogP) is 1.52. The van der Waals surface area contributed by atoms with E-state index in [1.54, 1.807) is 0 Å². The highest BCUT2D eigenvalue weighted by Crippen LogP contribution is 1.70. The van der Waals surface area contributed by atoms with Gasteiger partial charge in [-0.2, -0.15) is 10.2 Å². The second-order valence-electron chi connectivity index (χ2n) is 0.556. The van der Waals surface area contributed by atoms with Crippen LogP contribution in [0, 0.1) is 11.1 Å². The van der Waals surface area contributed by atoms with Crippen LogP contribution < -0.4 is 0 Å². The van der Waals surface area contributed by atoms with Crippen LogP contribution in [0.1, 0.15) is 0 Å². The molecule has 0 unspecified atom stereocenters. The summed E-state index contributed by atoms with van der Waals surface area (Å²) in [5.41, 5.74) is 12.2. The van der Waals surface area contributed by atoms with Gasteiger partial charge in [0, 0.05) is 0 Å². The lowest BCUT2D eigenvalue weighted by atomic mass is 11.0. The third kappa shape index (κ3) is 2.94. The van der Waals surface area contributed by atoms with E-state index in [1.165, 1.54) is 0 Å². The fraction of sp³-hybridized carbons (Fsp3) is 0. The van der Waals surface area contributed by atoms with Gasteiger partial charge in [0.1, 0.15) is 0 Å². The Morgan fingerprint density at radius 2 is 1.33 bits per heavy atom. The second-order valence-corrected chi connectivity index (χ2v) is 0.556. The molecule has 2 N–H and O–H groups in total. The maximum Gasteiger partial charge on any atom is 0.0690 e. The largest absolute Gasteiger partial charge is 0.205 e. The maximum atomic E-state index is 6.10. The summed E-state index contributed by atoms with van der Waals surface area (Å²) < 4.78 is 0. The Bertz CT molecular complexity index is 63.6. The first-order valence-corrected chi connectivity index (χ1v) is 1.30. The lowest BCUT2D eigenvalue weighted by molar-refractivity contribution is 1.09. The number of nitrogens with zero attached hydrogens (tertiary/aromatic N) is 2. The molecule has 0 fully saturated rings. The number of nitrogens with one attached hydrogen (secondary N) is 2. The Hall–Kier alpha value is -1.06. The molecule has 0 amide bonds. The Balaban J connectivity index is 3.17. The number of hydrogen-bond donors (Lipinski definition) is 2. The highest BCUT2D eigenvalue weighted by atomic mass is 15.0. The summed E-state index contributed by atoms with van der Waals surface area (Å²) in [4.78, 5) is 0. The Kier molecular flexibility index (Phi) is 3.24. The Morgan fingerprint density at radius 3 is 1.50 bits per heavy atom. The molecule has 0 saturated carbocycles. The fourth-order valence-corrected chi connectivity index (χ4v) is 0.0667. The summed E-state index contributed by atoms with van der Waals surface area (Å²) in [7, 11) is 0. The molecule has 0 aromatic rings. The van der Waals surface area contributed by atoms with Crippen LogP contribution in [0.25, 0.3) is 0 Å². The van der Waals surface area contributed by atoms with Gasteiger partial charge in [-0.15, -0.1) is 0 Å². The van der Waals surface area contributed by atoms with Gasteiger partial charge in [0.05, 0.1) is 12.4 Å². The molecular weight excluding hydrogens is 80.1 g/mol. The van der Waals surface area contributed by atoms with E-state index >= 15 is 0 Å². The van der Waals surface area contributed by atoms with Gasteiger partial charge in [0.2, 0.25) is 0 Å². The van der Waals surface area contributed by atoms with Gasteiger partial charge >= 0.3 is 0 Å². The first-order chi connectivity index (χ1) is 2.91. The van der Waals surface area contributed by atoms with Crippen molar-refractivity contribution in [2.24, 2.45) is 10.2 Å². The molecule has 0 atom stereocenters. The van der Waals surface area contributed by atoms with Crippen molar-refractivity contribution < 1.29 is 0 Å². The van der Waals surface area contributed by atoms with Gasteiger partial charge in [-0.3, -0.25) is 0 Å². The van der Waals surface area contributed by atoms with E-state index in [0.29, 0.717) is 0 Å². The van der Waals surface area contributed by atoms with E-state index in [9.17, 15) is 0 Å². The molecular formula is C2H4N4. The molecule has 0 saturated heterocycles. The first-order valence-electron chi connectivity index (χ1n) is 1.30. The van der Waals surface area contributed by atoms with Crippen LogP contribution in [0.5, 0.6) is 0 Å². The quantitative estimate of drug-likeness (QED) is 0.476. The summed E-state index contributed by atoms with van der Waals surface area (Å²) in [6.45, 7) is 0. The van der Waals surface area contributed by atoms with E-state index < -0.39 is 0 Å². The van der Waals surface area contributed by atoms with Crippen LogP contribution in [0.2, 0.25) is 0 Å². The van der Waals surface area contributed by atoms with Crippen LogP contribution in [0.4, 0.5) is 0 Å². The molecule has 6 heavy (non-hydrogen) atoms. The standard InChI is InChI=1S/C2H4N4/c3-5-1-2-6-4/h1-4H. The van der Waals surface area contributed by atoms with Gasteiger partial charge in [-0.25, -0.2) is 11.1 Å². The summed E-state index contributed by atoms with van der Waals surface area (Å²) in [6.07, 6.45) is 2.24. The summed E-state index contributed by atoms with van der Waals surface area (Å²) in [5, 5.41) is 5.56. The average Bonchev–Trinajstić information content (AvgIpc) is 1.61. The molecule has 0 aromatic heterocycles. The van der Waals surface area contributed by atoms with Crippen molar-refractivity contribution in [1.82, 2.24) is 0 Å². The van der Waals surface area contributed by atoms with Gasteiger partial charge in [-0.1, -0.05) is 0 Å². The van der Waals surface area contributed by atoms with Gasteiger partial charge < -0.3 is 0 Å². The molecule has 0 spiro atoms. The summed E-state index contributed by atoms with van der Waals surface area (Å²) >= 11 is 0. The third-order valence-corrected chi connectivity index (χ3v) is 0.216. The zero-order valence-corrected chi connectivity index (χ0v) is 3.05. The first kappa shape index (κ1) is 4.94. The van der Waals surface area contributed by atoms with Crippen molar-refractivity contribution in [1.29, 1.82) is 11.1 Å². The Morgan fingerprint density at radius 1 is 1.00 bits per heavy atom. The minimum absolute atomic E-state index is 1.12. The van der Waals surface area contributed by atoms with E-state index in [2.05, 4.69) is 10.2 Å². The maximum absolute atomic E-state index is 6.10. The van der Waals surface area contributed by atoms with Crippen LogP contribution in [0.3, 0.4) is 0 Å². The minimum Gasteiger partial charge on any atom is -0.205 e. The molecule has 4 heteroatoms. The minimum atomic E-state index is 1.12. The zero-order chi connectivity index (χ0) is 4.83. The highest BCUT2D eigenvalue weighted by molar-refractivity contribution is 4.70. The van der Waals surface area contributed by atoms with E-state index in [1.807, 2.05) is 0 Å². The lowest BCUT2D eigenvalue weighted by Crippen LogP contribution is -1.37. The number of rotatable bonds is 2. The second kappa shape index (κ2) is 3.94. The average molecular weight is 84.1 g/mol. The van der Waals surface area contributed by atoms with Crippen molar-refractivity contribution in [2.75, 3.05) is 0 Å². The molecule has 0 aliphatic rings. The smallest absolute Gasteiger partial charge is 0.0690 e.